The number of fused-ring (bicyclic) bond motifs is 1. The molecule has 4 heterocycles. The Balaban J connectivity index is 1.22. The third-order valence-corrected chi connectivity index (χ3v) is 7.31. The minimum atomic E-state index is -0.379. The van der Waals surface area contributed by atoms with Crippen LogP contribution in [0.5, 0.6) is 0 Å². The minimum absolute atomic E-state index is 0.242. The first-order valence-corrected chi connectivity index (χ1v) is 12.1. The molecule has 1 N–H and O–H groups in total. The highest BCUT2D eigenvalue weighted by molar-refractivity contribution is 7.18. The number of amides is 3. The van der Waals surface area contributed by atoms with Crippen molar-refractivity contribution in [2.24, 2.45) is 0 Å². The van der Waals surface area contributed by atoms with E-state index in [9.17, 15) is 14.4 Å². The van der Waals surface area contributed by atoms with Crippen LogP contribution in [0, 0.1) is 0 Å². The lowest BCUT2D eigenvalue weighted by molar-refractivity contribution is 0.0635. The lowest BCUT2D eigenvalue weighted by Crippen LogP contribution is -2.49. The topological polar surface area (TPSA) is 85.8 Å². The number of pyridine rings is 1. The molecule has 0 saturated carbocycles. The number of carbonyl (C=O) groups excluding carboxylic acids is 3. The summed E-state index contributed by atoms with van der Waals surface area (Å²) in [5.41, 5.74) is 2.04. The molecule has 1 aromatic carbocycles. The lowest BCUT2D eigenvalue weighted by Gasteiger charge is -2.36. The van der Waals surface area contributed by atoms with Gasteiger partial charge in [-0.1, -0.05) is 17.7 Å². The molecule has 2 aromatic heterocycles. The molecule has 2 aliphatic heterocycles. The van der Waals surface area contributed by atoms with Crippen LogP contribution in [0.2, 0.25) is 4.34 Å². The maximum atomic E-state index is 13.2. The molecule has 0 bridgehead atoms. The van der Waals surface area contributed by atoms with Crippen LogP contribution in [0.3, 0.4) is 0 Å². The summed E-state index contributed by atoms with van der Waals surface area (Å²) in [7, 11) is 0. The van der Waals surface area contributed by atoms with Crippen LogP contribution < -0.4 is 10.2 Å². The molecule has 174 valence electrons. The number of carbonyl (C=O) groups is 3. The van der Waals surface area contributed by atoms with Crippen LogP contribution >= 0.6 is 22.9 Å². The quantitative estimate of drug-likeness (QED) is 0.527. The Kier molecular flexibility index (Phi) is 6.32. The first kappa shape index (κ1) is 22.5. The van der Waals surface area contributed by atoms with E-state index in [2.05, 4.69) is 20.1 Å². The van der Waals surface area contributed by atoms with E-state index in [1.807, 2.05) is 12.1 Å². The van der Waals surface area contributed by atoms with E-state index in [0.29, 0.717) is 33.6 Å². The van der Waals surface area contributed by atoms with E-state index in [4.69, 9.17) is 11.6 Å². The molecule has 8 nitrogen and oxygen atoms in total. The maximum absolute atomic E-state index is 13.2. The van der Waals surface area contributed by atoms with Gasteiger partial charge in [0.05, 0.1) is 26.0 Å². The average Bonchev–Trinajstić information content (AvgIpc) is 3.40. The van der Waals surface area contributed by atoms with Crippen LogP contribution in [0.15, 0.2) is 54.9 Å². The first-order valence-electron chi connectivity index (χ1n) is 10.9. The summed E-state index contributed by atoms with van der Waals surface area (Å²) < 4.78 is 0.502. The number of nitrogens with one attached hydrogen (secondary N) is 1. The molecular weight excluding hydrogens is 474 g/mol. The standard InChI is InChI=1S/C24H22ClN5O3S/c25-20-5-4-19(34-20)22(31)27-18-3-1-2-17-21(18)24(33)30(23(17)32)15-12-28-10-13-29(14-11-28)16-6-8-26-9-7-16/h1-9H,10-15H2,(H,27,31). The van der Waals surface area contributed by atoms with Crippen molar-refractivity contribution in [3.05, 3.63) is 75.2 Å². The van der Waals surface area contributed by atoms with Gasteiger partial charge in [0, 0.05) is 57.3 Å². The number of anilines is 2. The molecule has 0 atom stereocenters. The van der Waals surface area contributed by atoms with E-state index in [0.717, 1.165) is 43.2 Å². The molecule has 0 radical (unpaired) electrons. The Morgan fingerprint density at radius 3 is 2.44 bits per heavy atom. The minimum Gasteiger partial charge on any atom is -0.369 e. The van der Waals surface area contributed by atoms with E-state index in [1.165, 1.54) is 4.90 Å². The summed E-state index contributed by atoms with van der Waals surface area (Å²) in [6.07, 6.45) is 3.58. The fourth-order valence-corrected chi connectivity index (χ4v) is 5.23. The van der Waals surface area contributed by atoms with Crippen molar-refractivity contribution in [1.29, 1.82) is 0 Å². The van der Waals surface area contributed by atoms with Gasteiger partial charge in [-0.2, -0.15) is 0 Å². The number of halogens is 1. The van der Waals surface area contributed by atoms with E-state index >= 15 is 0 Å². The molecule has 34 heavy (non-hydrogen) atoms. The van der Waals surface area contributed by atoms with Crippen molar-refractivity contribution in [2.75, 3.05) is 49.5 Å². The van der Waals surface area contributed by atoms with Gasteiger partial charge in [0.25, 0.3) is 17.7 Å². The predicted molar refractivity (Wildman–Crippen MR) is 132 cm³/mol. The van der Waals surface area contributed by atoms with Gasteiger partial charge in [-0.05, 0) is 36.4 Å². The molecule has 0 spiro atoms. The third kappa shape index (κ3) is 4.42. The number of aromatic nitrogens is 1. The second kappa shape index (κ2) is 9.54. The molecule has 0 aliphatic carbocycles. The van der Waals surface area contributed by atoms with Gasteiger partial charge < -0.3 is 10.2 Å². The number of hydrogen-bond acceptors (Lipinski definition) is 7. The van der Waals surface area contributed by atoms with Gasteiger partial charge >= 0.3 is 0 Å². The number of benzene rings is 1. The van der Waals surface area contributed by atoms with Crippen LogP contribution in [0.25, 0.3) is 0 Å². The summed E-state index contributed by atoms with van der Waals surface area (Å²) in [4.78, 5) is 49.0. The monoisotopic (exact) mass is 495 g/mol. The molecular formula is C24H22ClN5O3S. The molecule has 0 unspecified atom stereocenters. The predicted octanol–water partition coefficient (Wildman–Crippen LogP) is 3.47. The summed E-state index contributed by atoms with van der Waals surface area (Å²) in [5.74, 6) is -1.07. The Morgan fingerprint density at radius 1 is 0.971 bits per heavy atom. The maximum Gasteiger partial charge on any atom is 0.265 e. The molecule has 1 saturated heterocycles. The second-order valence-electron chi connectivity index (χ2n) is 8.08. The van der Waals surface area contributed by atoms with Crippen LogP contribution in [-0.4, -0.2) is 71.8 Å². The van der Waals surface area contributed by atoms with Gasteiger partial charge in [-0.25, -0.2) is 0 Å². The van der Waals surface area contributed by atoms with E-state index < -0.39 is 0 Å². The second-order valence-corrected chi connectivity index (χ2v) is 9.80. The summed E-state index contributed by atoms with van der Waals surface area (Å²) in [6.45, 7) is 4.33. The normalized spacial score (nSPS) is 16.1. The van der Waals surface area contributed by atoms with Gasteiger partial charge in [-0.3, -0.25) is 29.2 Å². The molecule has 3 aromatic rings. The molecule has 1 fully saturated rings. The summed E-state index contributed by atoms with van der Waals surface area (Å²) in [6, 6.07) is 12.2. The SMILES string of the molecule is O=C(Nc1cccc2c1C(=O)N(CCN1CCN(c3ccncc3)CC1)C2=O)c1ccc(Cl)s1. The Bertz CT molecular complexity index is 1240. The van der Waals surface area contributed by atoms with Gasteiger partial charge in [0.15, 0.2) is 0 Å². The number of imide groups is 1. The highest BCUT2D eigenvalue weighted by Gasteiger charge is 2.38. The highest BCUT2D eigenvalue weighted by Crippen LogP contribution is 2.30. The molecule has 2 aliphatic rings. The fraction of sp³-hybridized carbons (Fsp3) is 0.250. The van der Waals surface area contributed by atoms with Crippen LogP contribution in [0.4, 0.5) is 11.4 Å². The van der Waals surface area contributed by atoms with Crippen LogP contribution in [-0.2, 0) is 0 Å². The molecule has 3 amide bonds. The molecule has 10 heteroatoms. The van der Waals surface area contributed by atoms with Crippen molar-refractivity contribution in [2.45, 2.75) is 0 Å². The highest BCUT2D eigenvalue weighted by atomic mass is 35.5. The summed E-state index contributed by atoms with van der Waals surface area (Å²) in [5, 5.41) is 2.76. The zero-order chi connectivity index (χ0) is 23.7. The Morgan fingerprint density at radius 2 is 1.74 bits per heavy atom. The first-order chi connectivity index (χ1) is 16.5. The zero-order valence-electron chi connectivity index (χ0n) is 18.2. The van der Waals surface area contributed by atoms with Crippen molar-refractivity contribution in [1.82, 2.24) is 14.8 Å². The van der Waals surface area contributed by atoms with Crippen molar-refractivity contribution in [3.8, 4) is 0 Å². The van der Waals surface area contributed by atoms with E-state index in [1.54, 1.807) is 42.7 Å². The Hall–Kier alpha value is -3.27. The number of piperazine rings is 1. The lowest BCUT2D eigenvalue weighted by atomic mass is 10.1. The smallest absolute Gasteiger partial charge is 0.265 e. The third-order valence-electron chi connectivity index (χ3n) is 6.08. The number of nitrogens with zero attached hydrogens (tertiary/aromatic N) is 4. The van der Waals surface area contributed by atoms with E-state index in [-0.39, 0.29) is 23.3 Å². The number of hydrogen-bond donors (Lipinski definition) is 1. The largest absolute Gasteiger partial charge is 0.369 e. The van der Waals surface area contributed by atoms with Gasteiger partial charge in [0.2, 0.25) is 0 Å². The molecule has 5 rings (SSSR count). The van der Waals surface area contributed by atoms with Gasteiger partial charge in [0.1, 0.15) is 0 Å². The zero-order valence-corrected chi connectivity index (χ0v) is 19.8. The van der Waals surface area contributed by atoms with Crippen molar-refractivity contribution in [3.63, 3.8) is 0 Å². The Labute approximate surface area is 205 Å². The number of thiophene rings is 1. The van der Waals surface area contributed by atoms with Crippen LogP contribution in [0.1, 0.15) is 30.4 Å². The van der Waals surface area contributed by atoms with Gasteiger partial charge in [-0.15, -0.1) is 11.3 Å². The number of rotatable bonds is 6. The van der Waals surface area contributed by atoms with Crippen molar-refractivity contribution < 1.29 is 14.4 Å². The van der Waals surface area contributed by atoms with Crippen molar-refractivity contribution >= 4 is 52.0 Å². The average molecular weight is 496 g/mol. The fourth-order valence-electron chi connectivity index (χ4n) is 4.29. The summed E-state index contributed by atoms with van der Waals surface area (Å²) >= 11 is 7.08.